The minimum absolute atomic E-state index is 0.0379. The monoisotopic (exact) mass is 900 g/mol. The Morgan fingerprint density at radius 1 is 0.492 bits per heavy atom. The van der Waals surface area contributed by atoms with Crippen LogP contribution in [0.4, 0.5) is 0 Å². The highest BCUT2D eigenvalue weighted by Gasteiger charge is 2.21. The van der Waals surface area contributed by atoms with Crippen LogP contribution in [0.15, 0.2) is 192 Å². The summed E-state index contributed by atoms with van der Waals surface area (Å²) in [5.41, 5.74) is 8.28. The topological polar surface area (TPSA) is 146 Å². The van der Waals surface area contributed by atoms with Gasteiger partial charge in [0, 0.05) is 32.7 Å². The quantitative estimate of drug-likeness (QED) is 0.0314. The maximum atomic E-state index is 13.4. The molecule has 0 saturated heterocycles. The lowest BCUT2D eigenvalue weighted by Crippen LogP contribution is -2.04. The Labute approximate surface area is 380 Å². The van der Waals surface area contributed by atoms with E-state index in [9.17, 15) is 22.6 Å². The predicted molar refractivity (Wildman–Crippen MR) is 249 cm³/mol. The molecule has 0 fully saturated rings. The Balaban J connectivity index is 0.856. The number of carbonyl (C=O) groups excluding carboxylic acids is 2. The summed E-state index contributed by atoms with van der Waals surface area (Å²) in [6, 6.07) is 54.0. The summed E-state index contributed by atoms with van der Waals surface area (Å²) in [6.45, 7) is 3.83. The molecule has 0 aliphatic heterocycles. The summed E-state index contributed by atoms with van der Waals surface area (Å²) in [7, 11) is -4.64. The lowest BCUT2D eigenvalue weighted by molar-refractivity contribution is -0.432. The first-order valence-corrected chi connectivity index (χ1v) is 22.5. The van der Waals surface area contributed by atoms with Crippen molar-refractivity contribution in [1.82, 2.24) is 0 Å². The number of benzene rings is 8. The molecular weight excluding hydrogens is 861 g/mol. The standard InChI is InChI=1S/C53H40O10S2/c1-34-3-9-40(10-4-34)52(54)42-17-25-46(26-18-42)60-44-21-13-38(14-22-44)39-15-23-45(24-16-39)61-47-27-19-43(20-28-47)53(55)41-11-6-36(7-12-41)32-37-8-30-49(51(33-37)65(57,58)59)48-29-5-35(2)31-50(48)64-63-62-56/h3-31,33,56H,32H2,1-2H3,(H,57,58,59). The molecule has 0 unspecified atom stereocenters. The lowest BCUT2D eigenvalue weighted by Gasteiger charge is -2.14. The van der Waals surface area contributed by atoms with Gasteiger partial charge in [-0.25, -0.2) is 5.26 Å². The van der Waals surface area contributed by atoms with E-state index in [0.717, 1.165) is 27.8 Å². The third-order valence-electron chi connectivity index (χ3n) is 10.6. The van der Waals surface area contributed by atoms with E-state index >= 15 is 0 Å². The van der Waals surface area contributed by atoms with Crippen molar-refractivity contribution in [1.29, 1.82) is 0 Å². The van der Waals surface area contributed by atoms with E-state index in [4.69, 9.17) is 14.7 Å². The molecule has 0 amide bonds. The van der Waals surface area contributed by atoms with Gasteiger partial charge in [-0.05, 0) is 139 Å². The van der Waals surface area contributed by atoms with Gasteiger partial charge in [-0.1, -0.05) is 108 Å². The molecule has 8 rings (SSSR count). The Morgan fingerprint density at radius 3 is 1.35 bits per heavy atom. The number of hydrogen-bond acceptors (Lipinski definition) is 10. The van der Waals surface area contributed by atoms with E-state index in [2.05, 4.69) is 9.37 Å². The molecule has 0 spiro atoms. The van der Waals surface area contributed by atoms with E-state index in [1.165, 1.54) is 6.07 Å². The largest absolute Gasteiger partial charge is 0.457 e. The van der Waals surface area contributed by atoms with Crippen LogP contribution in [0.25, 0.3) is 22.3 Å². The van der Waals surface area contributed by atoms with Crippen LogP contribution in [0.5, 0.6) is 23.0 Å². The molecule has 0 aromatic heterocycles. The van der Waals surface area contributed by atoms with Crippen molar-refractivity contribution in [3.63, 3.8) is 0 Å². The molecular formula is C53H40O10S2. The lowest BCUT2D eigenvalue weighted by atomic mass is 9.97. The average Bonchev–Trinajstić information content (AvgIpc) is 3.32. The van der Waals surface area contributed by atoms with E-state index in [1.807, 2.05) is 86.6 Å². The molecule has 10 nitrogen and oxygen atoms in total. The normalized spacial score (nSPS) is 11.3. The van der Waals surface area contributed by atoms with Crippen LogP contribution in [0.1, 0.15) is 54.1 Å². The fraction of sp³-hybridized carbons (Fsp3) is 0.0566. The SMILES string of the molecule is Cc1ccc(C(=O)c2ccc(Oc3ccc(-c4ccc(Oc5ccc(C(=O)c6ccc(Cc7ccc(-c8ccc(C)cc8SOOO)c(S(=O)(=O)O)c7)cc6)cc5)cc4)cc3)cc2)cc1. The van der Waals surface area contributed by atoms with Gasteiger partial charge in [0.25, 0.3) is 10.1 Å². The summed E-state index contributed by atoms with van der Waals surface area (Å²) >= 11 is 0.695. The third kappa shape index (κ3) is 11.0. The van der Waals surface area contributed by atoms with Crippen LogP contribution < -0.4 is 9.47 Å². The number of hydrogen-bond donors (Lipinski definition) is 2. The van der Waals surface area contributed by atoms with Crippen molar-refractivity contribution < 1.29 is 46.7 Å². The molecule has 0 aliphatic rings. The van der Waals surface area contributed by atoms with Gasteiger partial charge in [0.2, 0.25) is 0 Å². The first kappa shape index (κ1) is 44.4. The highest BCUT2D eigenvalue weighted by atomic mass is 32.2. The molecule has 0 saturated carbocycles. The van der Waals surface area contributed by atoms with E-state index in [0.29, 0.717) is 79.7 Å². The van der Waals surface area contributed by atoms with E-state index in [1.54, 1.807) is 103 Å². The summed E-state index contributed by atoms with van der Waals surface area (Å²) < 4.78 is 52.0. The number of rotatable bonds is 16. The fourth-order valence-electron chi connectivity index (χ4n) is 7.19. The number of ether oxygens (including phenoxy) is 2. The summed E-state index contributed by atoms with van der Waals surface area (Å²) in [4.78, 5) is 26.4. The summed E-state index contributed by atoms with van der Waals surface area (Å²) in [6.07, 6.45) is 0.333. The van der Waals surface area contributed by atoms with Crippen LogP contribution in [0.3, 0.4) is 0 Å². The third-order valence-corrected chi connectivity index (χ3v) is 12.1. The van der Waals surface area contributed by atoms with Crippen molar-refractivity contribution in [2.24, 2.45) is 0 Å². The highest BCUT2D eigenvalue weighted by Crippen LogP contribution is 2.37. The molecule has 0 atom stereocenters. The summed E-state index contributed by atoms with van der Waals surface area (Å²) in [5, 5.41) is 12.4. The van der Waals surface area contributed by atoms with Gasteiger partial charge in [-0.2, -0.15) is 8.42 Å². The first-order chi connectivity index (χ1) is 31.4. The maximum absolute atomic E-state index is 13.4. The van der Waals surface area contributed by atoms with Crippen LogP contribution in [0.2, 0.25) is 0 Å². The molecule has 324 valence electrons. The molecule has 0 radical (unpaired) electrons. The molecule has 65 heavy (non-hydrogen) atoms. The zero-order valence-electron chi connectivity index (χ0n) is 35.0. The van der Waals surface area contributed by atoms with Crippen molar-refractivity contribution in [2.45, 2.75) is 30.1 Å². The van der Waals surface area contributed by atoms with Crippen LogP contribution in [-0.4, -0.2) is 29.8 Å². The van der Waals surface area contributed by atoms with Crippen molar-refractivity contribution in [3.05, 3.63) is 226 Å². The zero-order valence-corrected chi connectivity index (χ0v) is 36.6. The predicted octanol–water partition coefficient (Wildman–Crippen LogP) is 12.9. The molecule has 0 bridgehead atoms. The number of ketones is 2. The molecule has 2 N–H and O–H groups in total. The minimum Gasteiger partial charge on any atom is -0.457 e. The average molecular weight is 901 g/mol. The number of aryl methyl sites for hydroxylation is 2. The molecule has 0 heterocycles. The van der Waals surface area contributed by atoms with Gasteiger partial charge in [0.05, 0.1) is 12.0 Å². The first-order valence-electron chi connectivity index (χ1n) is 20.3. The van der Waals surface area contributed by atoms with Gasteiger partial charge in [-0.15, -0.1) is 4.33 Å². The van der Waals surface area contributed by atoms with Crippen molar-refractivity contribution >= 4 is 33.7 Å². The van der Waals surface area contributed by atoms with Gasteiger partial charge in [-0.3, -0.25) is 14.1 Å². The van der Waals surface area contributed by atoms with Gasteiger partial charge in [0.15, 0.2) is 11.6 Å². The van der Waals surface area contributed by atoms with Crippen LogP contribution in [-0.2, 0) is 25.9 Å². The Bertz CT molecular complexity index is 3080. The van der Waals surface area contributed by atoms with Gasteiger partial charge < -0.3 is 9.47 Å². The Kier molecular flexibility index (Phi) is 13.5. The second kappa shape index (κ2) is 19.7. The second-order valence-corrected chi connectivity index (χ2v) is 17.4. The van der Waals surface area contributed by atoms with Gasteiger partial charge >= 0.3 is 0 Å². The van der Waals surface area contributed by atoms with Crippen molar-refractivity contribution in [3.8, 4) is 45.3 Å². The van der Waals surface area contributed by atoms with Crippen LogP contribution in [0, 0.1) is 13.8 Å². The van der Waals surface area contributed by atoms with E-state index < -0.39 is 10.1 Å². The fourth-order valence-corrected chi connectivity index (χ4v) is 8.55. The smallest absolute Gasteiger partial charge is 0.295 e. The van der Waals surface area contributed by atoms with Crippen LogP contribution >= 0.6 is 12.0 Å². The van der Waals surface area contributed by atoms with E-state index in [-0.39, 0.29) is 22.0 Å². The zero-order chi connectivity index (χ0) is 45.5. The molecule has 8 aromatic carbocycles. The molecule has 0 aliphatic carbocycles. The summed E-state index contributed by atoms with van der Waals surface area (Å²) in [5.74, 6) is 2.28. The minimum atomic E-state index is -4.64. The van der Waals surface area contributed by atoms with Crippen molar-refractivity contribution in [2.75, 3.05) is 0 Å². The Morgan fingerprint density at radius 2 is 0.892 bits per heavy atom. The Hall–Kier alpha value is -7.16. The second-order valence-electron chi connectivity index (χ2n) is 15.2. The maximum Gasteiger partial charge on any atom is 0.295 e. The van der Waals surface area contributed by atoms with Gasteiger partial charge in [0.1, 0.15) is 27.9 Å². The number of carbonyl (C=O) groups is 2. The molecule has 8 aromatic rings. The highest BCUT2D eigenvalue weighted by molar-refractivity contribution is 7.94. The molecule has 12 heteroatoms.